The number of benzene rings is 1. The lowest BCUT2D eigenvalue weighted by atomic mass is 10.0. The average Bonchev–Trinajstić information content (AvgIpc) is 2.77. The third kappa shape index (κ3) is 6.51. The van der Waals surface area contributed by atoms with Gasteiger partial charge in [0, 0.05) is 18.9 Å². The molecule has 0 saturated heterocycles. The van der Waals surface area contributed by atoms with E-state index in [4.69, 9.17) is 11.2 Å². The van der Waals surface area contributed by atoms with Gasteiger partial charge in [0.1, 0.15) is 5.69 Å². The maximum atomic E-state index is 13.2. The SMILES string of the molecule is C#CCOc1cnc(C(=O)Nc2ccc3c(c2)CS(=O)(=O)C(C)(C)CNCNCCC3)cn1. The van der Waals surface area contributed by atoms with Gasteiger partial charge in [-0.15, -0.1) is 6.42 Å². The van der Waals surface area contributed by atoms with Crippen molar-refractivity contribution in [2.24, 2.45) is 0 Å². The van der Waals surface area contributed by atoms with Crippen molar-refractivity contribution in [3.8, 4) is 18.2 Å². The van der Waals surface area contributed by atoms with Crippen LogP contribution < -0.4 is 20.7 Å². The molecule has 33 heavy (non-hydrogen) atoms. The van der Waals surface area contributed by atoms with E-state index in [0.29, 0.717) is 24.5 Å². The average molecular weight is 472 g/mol. The van der Waals surface area contributed by atoms with Crippen LogP contribution in [0, 0.1) is 12.3 Å². The van der Waals surface area contributed by atoms with Gasteiger partial charge in [0.05, 0.1) is 22.9 Å². The number of sulfone groups is 1. The minimum Gasteiger partial charge on any atom is -0.463 e. The molecule has 0 fully saturated rings. The molecule has 3 rings (SSSR count). The summed E-state index contributed by atoms with van der Waals surface area (Å²) < 4.78 is 30.6. The monoisotopic (exact) mass is 471 g/mol. The molecule has 1 aliphatic heterocycles. The van der Waals surface area contributed by atoms with E-state index in [1.165, 1.54) is 12.4 Å². The third-order valence-electron chi connectivity index (χ3n) is 5.42. The molecule has 2 aromatic rings. The van der Waals surface area contributed by atoms with E-state index < -0.39 is 20.5 Å². The van der Waals surface area contributed by atoms with E-state index in [1.54, 1.807) is 26.0 Å². The summed E-state index contributed by atoms with van der Waals surface area (Å²) in [6.07, 6.45) is 9.36. The molecule has 1 aromatic carbocycles. The summed E-state index contributed by atoms with van der Waals surface area (Å²) in [5.41, 5.74) is 2.23. The number of carbonyl (C=O) groups excluding carboxylic acids is 1. The third-order valence-corrected chi connectivity index (χ3v) is 7.94. The van der Waals surface area contributed by atoms with E-state index in [-0.39, 0.29) is 23.9 Å². The zero-order valence-electron chi connectivity index (χ0n) is 18.8. The Hall–Kier alpha value is -3.00. The number of fused-ring (bicyclic) bond motifs is 1. The lowest BCUT2D eigenvalue weighted by molar-refractivity contribution is 0.102. The van der Waals surface area contributed by atoms with Crippen LogP contribution in [0.4, 0.5) is 5.69 Å². The molecule has 0 unspecified atom stereocenters. The molecule has 3 N–H and O–H groups in total. The number of aryl methyl sites for hydroxylation is 1. The van der Waals surface area contributed by atoms with Crippen LogP contribution in [0.2, 0.25) is 0 Å². The van der Waals surface area contributed by atoms with E-state index >= 15 is 0 Å². The largest absolute Gasteiger partial charge is 0.463 e. The summed E-state index contributed by atoms with van der Waals surface area (Å²) in [5, 5.41) is 9.21. The number of terminal acetylenes is 1. The standard InChI is InChI=1S/C23H29N5O4S/c1-4-10-32-21-13-26-20(12-27-21)22(29)28-19-8-7-17-6-5-9-24-16-25-15-23(2,3)33(30,31)14-18(17)11-19/h1,7-8,11-13,24-25H,5-6,9-10,14-16H2,2-3H3,(H,28,29). The van der Waals surface area contributed by atoms with Gasteiger partial charge in [0.25, 0.3) is 5.91 Å². The maximum Gasteiger partial charge on any atom is 0.275 e. The van der Waals surface area contributed by atoms with Crippen molar-refractivity contribution in [3.05, 3.63) is 47.4 Å². The van der Waals surface area contributed by atoms with Gasteiger partial charge < -0.3 is 20.7 Å². The van der Waals surface area contributed by atoms with Crippen molar-refractivity contribution in [2.75, 3.05) is 31.7 Å². The highest BCUT2D eigenvalue weighted by molar-refractivity contribution is 7.92. The summed E-state index contributed by atoms with van der Waals surface area (Å²) in [5.74, 6) is 1.98. The van der Waals surface area contributed by atoms with Gasteiger partial charge in [-0.1, -0.05) is 12.0 Å². The van der Waals surface area contributed by atoms with Crippen molar-refractivity contribution in [2.45, 2.75) is 37.2 Å². The molecule has 0 saturated carbocycles. The van der Waals surface area contributed by atoms with E-state index in [9.17, 15) is 13.2 Å². The second-order valence-electron chi connectivity index (χ2n) is 8.40. The number of hydrogen-bond acceptors (Lipinski definition) is 8. The first-order valence-corrected chi connectivity index (χ1v) is 12.3. The number of hydrogen-bond donors (Lipinski definition) is 3. The fourth-order valence-electron chi connectivity index (χ4n) is 3.35. The predicted molar refractivity (Wildman–Crippen MR) is 127 cm³/mol. The highest BCUT2D eigenvalue weighted by Crippen LogP contribution is 2.26. The zero-order valence-corrected chi connectivity index (χ0v) is 19.7. The molecule has 1 aromatic heterocycles. The van der Waals surface area contributed by atoms with Crippen LogP contribution in [0.5, 0.6) is 5.88 Å². The summed E-state index contributed by atoms with van der Waals surface area (Å²) in [7, 11) is -3.46. The Morgan fingerprint density at radius 3 is 2.79 bits per heavy atom. The van der Waals surface area contributed by atoms with Gasteiger partial charge in [0.15, 0.2) is 16.4 Å². The zero-order chi connectivity index (χ0) is 23.9. The first-order valence-electron chi connectivity index (χ1n) is 10.7. The molecule has 0 aliphatic carbocycles. The molecule has 0 spiro atoms. The van der Waals surface area contributed by atoms with Crippen LogP contribution >= 0.6 is 0 Å². The van der Waals surface area contributed by atoms with Crippen molar-refractivity contribution in [1.82, 2.24) is 20.6 Å². The van der Waals surface area contributed by atoms with E-state index in [2.05, 4.69) is 31.8 Å². The predicted octanol–water partition coefficient (Wildman–Crippen LogP) is 1.52. The lowest BCUT2D eigenvalue weighted by Crippen LogP contribution is -2.45. The number of rotatable bonds is 4. The second kappa shape index (κ2) is 10.7. The molecule has 9 nitrogen and oxygen atoms in total. The fourth-order valence-corrected chi connectivity index (χ4v) is 4.75. The van der Waals surface area contributed by atoms with Gasteiger partial charge in [-0.05, 0) is 56.5 Å². The number of aromatic nitrogens is 2. The van der Waals surface area contributed by atoms with Crippen LogP contribution in [-0.4, -0.2) is 55.4 Å². The number of nitrogens with zero attached hydrogens (tertiary/aromatic N) is 2. The van der Waals surface area contributed by atoms with Crippen LogP contribution in [0.25, 0.3) is 0 Å². The molecule has 1 aliphatic rings. The van der Waals surface area contributed by atoms with Crippen molar-refractivity contribution in [3.63, 3.8) is 0 Å². The van der Waals surface area contributed by atoms with Crippen molar-refractivity contribution in [1.29, 1.82) is 0 Å². The Kier molecular flexibility index (Phi) is 8.02. The number of amides is 1. The Morgan fingerprint density at radius 2 is 2.06 bits per heavy atom. The van der Waals surface area contributed by atoms with Crippen molar-refractivity contribution < 1.29 is 17.9 Å². The maximum absolute atomic E-state index is 13.2. The molecule has 10 heteroatoms. The van der Waals surface area contributed by atoms with Gasteiger partial charge in [-0.25, -0.2) is 18.4 Å². The Balaban J connectivity index is 1.82. The van der Waals surface area contributed by atoms with Crippen molar-refractivity contribution >= 4 is 21.4 Å². The quantitative estimate of drug-likeness (QED) is 0.574. The minimum absolute atomic E-state index is 0.0567. The number of ether oxygens (including phenoxy) is 1. The Morgan fingerprint density at radius 1 is 1.24 bits per heavy atom. The number of anilines is 1. The molecular weight excluding hydrogens is 442 g/mol. The summed E-state index contributed by atoms with van der Waals surface area (Å²) in [4.78, 5) is 20.7. The molecule has 0 atom stereocenters. The number of carbonyl (C=O) groups is 1. The summed E-state index contributed by atoms with van der Waals surface area (Å²) in [6, 6.07) is 5.37. The van der Waals surface area contributed by atoms with Crippen LogP contribution in [0.15, 0.2) is 30.6 Å². The highest BCUT2D eigenvalue weighted by Gasteiger charge is 2.34. The number of nitrogens with one attached hydrogen (secondary N) is 3. The molecular formula is C23H29N5O4S. The van der Waals surface area contributed by atoms with Gasteiger partial charge in [-0.3, -0.25) is 4.79 Å². The lowest BCUT2D eigenvalue weighted by Gasteiger charge is -2.27. The second-order valence-corrected chi connectivity index (χ2v) is 11.0. The van der Waals surface area contributed by atoms with E-state index in [0.717, 1.165) is 24.9 Å². The first-order chi connectivity index (χ1) is 15.7. The topological polar surface area (TPSA) is 122 Å². The van der Waals surface area contributed by atoms with Gasteiger partial charge >= 0.3 is 0 Å². The van der Waals surface area contributed by atoms with Crippen LogP contribution in [0.3, 0.4) is 0 Å². The summed E-state index contributed by atoms with van der Waals surface area (Å²) >= 11 is 0. The highest BCUT2D eigenvalue weighted by atomic mass is 32.2. The molecule has 0 bridgehead atoms. The van der Waals surface area contributed by atoms with Gasteiger partial charge in [0.2, 0.25) is 5.88 Å². The molecule has 0 radical (unpaired) electrons. The fraction of sp³-hybridized carbons (Fsp3) is 0.435. The molecule has 176 valence electrons. The Bertz CT molecular complexity index is 1120. The normalized spacial score (nSPS) is 18.0. The Labute approximate surface area is 194 Å². The summed E-state index contributed by atoms with van der Waals surface area (Å²) in [6.45, 7) is 5.23. The van der Waals surface area contributed by atoms with Crippen LogP contribution in [-0.2, 0) is 22.0 Å². The first kappa shape index (κ1) is 24.6. The van der Waals surface area contributed by atoms with Gasteiger partial charge in [-0.2, -0.15) is 0 Å². The molecule has 2 heterocycles. The van der Waals surface area contributed by atoms with Crippen LogP contribution in [0.1, 0.15) is 41.9 Å². The molecule has 1 amide bonds. The minimum atomic E-state index is -3.46. The smallest absolute Gasteiger partial charge is 0.275 e. The van der Waals surface area contributed by atoms with E-state index in [1.807, 2.05) is 6.07 Å².